The van der Waals surface area contributed by atoms with Crippen molar-refractivity contribution in [3.05, 3.63) is 24.3 Å². The molecule has 0 heterocycles. The standard InChI is InChI=1S/C49H91O13P/c1-3-5-7-9-11-13-15-17-19-20-21-22-24-25-27-29-31-33-35-37-42(50)59-39-41(40-60-63(57,58)62-49-47(55)45(53)44(52)46(54)48(49)56)61-43(51)38-36-34-32-30-28-26-23-18-16-14-12-10-8-6-4-2/h12,14,18,23,41,44-49,52-56H,3-11,13,15-17,19-22,24-40H2,1-2H3,(H,57,58)/b14-12+,23-18+/t41-,44?,45-,46?,47?,48?,49?/m0/s1. The summed E-state index contributed by atoms with van der Waals surface area (Å²) < 4.78 is 33.6. The van der Waals surface area contributed by atoms with E-state index in [1.165, 1.54) is 116 Å². The van der Waals surface area contributed by atoms with Crippen molar-refractivity contribution in [1.29, 1.82) is 0 Å². The molecule has 1 aliphatic rings. The number of hydrogen-bond donors (Lipinski definition) is 6. The van der Waals surface area contributed by atoms with Gasteiger partial charge < -0.3 is 39.9 Å². The topological polar surface area (TPSA) is 210 Å². The number of esters is 2. The Morgan fingerprint density at radius 2 is 0.857 bits per heavy atom. The molecule has 370 valence electrons. The van der Waals surface area contributed by atoms with Crippen molar-refractivity contribution in [2.24, 2.45) is 0 Å². The molecular formula is C49H91O13P. The van der Waals surface area contributed by atoms with Crippen LogP contribution < -0.4 is 0 Å². The summed E-state index contributed by atoms with van der Waals surface area (Å²) >= 11 is 0. The summed E-state index contributed by atoms with van der Waals surface area (Å²) in [5.74, 6) is -1.11. The van der Waals surface area contributed by atoms with Gasteiger partial charge in [0.05, 0.1) is 6.61 Å². The van der Waals surface area contributed by atoms with Gasteiger partial charge >= 0.3 is 19.8 Å². The number of carbonyl (C=O) groups is 2. The fourth-order valence-electron chi connectivity index (χ4n) is 7.73. The second-order valence-corrected chi connectivity index (χ2v) is 19.1. The number of aliphatic hydroxyl groups is 5. The van der Waals surface area contributed by atoms with E-state index >= 15 is 0 Å². The van der Waals surface area contributed by atoms with Gasteiger partial charge in [0.2, 0.25) is 0 Å². The molecule has 0 aromatic rings. The average molecular weight is 919 g/mol. The molecule has 0 spiro atoms. The third-order valence-corrected chi connectivity index (χ3v) is 12.8. The van der Waals surface area contributed by atoms with Gasteiger partial charge in [-0.25, -0.2) is 4.57 Å². The molecule has 0 aromatic carbocycles. The number of allylic oxidation sites excluding steroid dienone is 4. The third kappa shape index (κ3) is 31.8. The first-order valence-electron chi connectivity index (χ1n) is 25.1. The van der Waals surface area contributed by atoms with E-state index in [2.05, 4.69) is 38.2 Å². The van der Waals surface area contributed by atoms with Gasteiger partial charge in [0, 0.05) is 12.8 Å². The molecule has 1 fully saturated rings. The Labute approximate surface area is 381 Å². The minimum absolute atomic E-state index is 0.0835. The van der Waals surface area contributed by atoms with Gasteiger partial charge in [-0.3, -0.25) is 18.6 Å². The number of carbonyl (C=O) groups excluding carboxylic acids is 2. The Balaban J connectivity index is 2.40. The van der Waals surface area contributed by atoms with Crippen molar-refractivity contribution < 1.29 is 63.1 Å². The van der Waals surface area contributed by atoms with E-state index in [0.29, 0.717) is 12.8 Å². The highest BCUT2D eigenvalue weighted by atomic mass is 31.2. The first-order chi connectivity index (χ1) is 30.4. The van der Waals surface area contributed by atoms with E-state index in [4.69, 9.17) is 18.5 Å². The first kappa shape index (κ1) is 59.3. The smallest absolute Gasteiger partial charge is 0.462 e. The predicted octanol–water partition coefficient (Wildman–Crippen LogP) is 10.4. The fourth-order valence-corrected chi connectivity index (χ4v) is 8.70. The molecule has 6 N–H and O–H groups in total. The normalized spacial score (nSPS) is 21.8. The molecule has 0 aromatic heterocycles. The molecule has 0 bridgehead atoms. The number of rotatable bonds is 42. The van der Waals surface area contributed by atoms with Gasteiger partial charge in [0.25, 0.3) is 0 Å². The Morgan fingerprint density at radius 1 is 0.492 bits per heavy atom. The minimum atomic E-state index is -5.12. The van der Waals surface area contributed by atoms with Gasteiger partial charge in [-0.05, 0) is 44.9 Å². The van der Waals surface area contributed by atoms with Gasteiger partial charge in [-0.2, -0.15) is 0 Å². The number of phosphoric ester groups is 1. The minimum Gasteiger partial charge on any atom is -0.462 e. The van der Waals surface area contributed by atoms with E-state index in [9.17, 15) is 44.6 Å². The maximum absolute atomic E-state index is 12.8. The lowest BCUT2D eigenvalue weighted by Gasteiger charge is -2.41. The van der Waals surface area contributed by atoms with Crippen LogP contribution in [0.5, 0.6) is 0 Å². The quantitative estimate of drug-likeness (QED) is 0.0146. The Bertz CT molecular complexity index is 1200. The van der Waals surface area contributed by atoms with Crippen LogP contribution in [-0.4, -0.2) is 98.3 Å². The monoisotopic (exact) mass is 919 g/mol. The van der Waals surface area contributed by atoms with Gasteiger partial charge in [-0.1, -0.05) is 186 Å². The first-order valence-corrected chi connectivity index (χ1v) is 26.6. The summed E-state index contributed by atoms with van der Waals surface area (Å²) in [5.41, 5.74) is 0. The highest BCUT2D eigenvalue weighted by molar-refractivity contribution is 7.47. The molecule has 1 rings (SSSR count). The molecular weight excluding hydrogens is 828 g/mol. The third-order valence-electron chi connectivity index (χ3n) is 11.8. The van der Waals surface area contributed by atoms with Crippen molar-refractivity contribution in [3.8, 4) is 0 Å². The summed E-state index contributed by atoms with van der Waals surface area (Å²) in [6, 6.07) is 0. The van der Waals surface area contributed by atoms with E-state index in [-0.39, 0.29) is 12.8 Å². The zero-order valence-electron chi connectivity index (χ0n) is 39.4. The predicted molar refractivity (Wildman–Crippen MR) is 249 cm³/mol. The van der Waals surface area contributed by atoms with E-state index in [1.54, 1.807) is 0 Å². The summed E-state index contributed by atoms with van der Waals surface area (Å²) in [4.78, 5) is 35.8. The van der Waals surface area contributed by atoms with Crippen LogP contribution in [-0.2, 0) is 32.7 Å². The molecule has 6 unspecified atom stereocenters. The molecule has 14 heteroatoms. The molecule has 63 heavy (non-hydrogen) atoms. The fraction of sp³-hybridized carbons (Fsp3) is 0.878. The average Bonchev–Trinajstić information content (AvgIpc) is 3.26. The van der Waals surface area contributed by atoms with Crippen LogP contribution in [0.2, 0.25) is 0 Å². The zero-order chi connectivity index (χ0) is 46.4. The SMILES string of the molecule is CCCCC/C=C/C/C=C/CCCCCCCC(=O)O[C@@H](COC(=O)CCCCCCCCCCCCCCCCCCCCC)COP(=O)(O)OC1C(O)C(O)C(O)[C@H](O)C1O. The highest BCUT2D eigenvalue weighted by Gasteiger charge is 2.51. The van der Waals surface area contributed by atoms with Crippen LogP contribution in [0.25, 0.3) is 0 Å². The van der Waals surface area contributed by atoms with Crippen LogP contribution in [0.4, 0.5) is 0 Å². The summed E-state index contributed by atoms with van der Waals surface area (Å²) in [6.07, 6.45) is 30.8. The van der Waals surface area contributed by atoms with Crippen molar-refractivity contribution in [1.82, 2.24) is 0 Å². The Kier molecular flexibility index (Phi) is 37.2. The summed E-state index contributed by atoms with van der Waals surface area (Å²) in [7, 11) is -5.12. The largest absolute Gasteiger partial charge is 0.472 e. The molecule has 0 radical (unpaired) electrons. The number of aliphatic hydroxyl groups excluding tert-OH is 5. The van der Waals surface area contributed by atoms with Gasteiger partial charge in [-0.15, -0.1) is 0 Å². The molecule has 8 atom stereocenters. The number of phosphoric acid groups is 1. The van der Waals surface area contributed by atoms with Crippen molar-refractivity contribution >= 4 is 19.8 Å². The number of hydrogen-bond acceptors (Lipinski definition) is 12. The maximum Gasteiger partial charge on any atom is 0.472 e. The number of ether oxygens (including phenoxy) is 2. The van der Waals surface area contributed by atoms with Gasteiger partial charge in [0.1, 0.15) is 43.2 Å². The van der Waals surface area contributed by atoms with Crippen molar-refractivity contribution in [3.63, 3.8) is 0 Å². The number of unbranched alkanes of at least 4 members (excludes halogenated alkanes) is 26. The maximum atomic E-state index is 12.8. The van der Waals surface area contributed by atoms with Crippen LogP contribution in [0.3, 0.4) is 0 Å². The van der Waals surface area contributed by atoms with Crippen LogP contribution in [0, 0.1) is 0 Å². The van der Waals surface area contributed by atoms with Crippen molar-refractivity contribution in [2.45, 2.75) is 262 Å². The van der Waals surface area contributed by atoms with Crippen molar-refractivity contribution in [2.75, 3.05) is 13.2 Å². The molecule has 0 amide bonds. The Hall–Kier alpha value is -1.67. The van der Waals surface area contributed by atoms with Crippen LogP contribution >= 0.6 is 7.82 Å². The zero-order valence-corrected chi connectivity index (χ0v) is 40.3. The Morgan fingerprint density at radius 3 is 1.32 bits per heavy atom. The summed E-state index contributed by atoms with van der Waals surface area (Å²) in [6.45, 7) is 3.29. The molecule has 13 nitrogen and oxygen atoms in total. The van der Waals surface area contributed by atoms with E-state index in [0.717, 1.165) is 64.2 Å². The van der Waals surface area contributed by atoms with Gasteiger partial charge in [0.15, 0.2) is 6.10 Å². The molecule has 1 saturated carbocycles. The molecule has 0 saturated heterocycles. The lowest BCUT2D eigenvalue weighted by atomic mass is 9.85. The van der Waals surface area contributed by atoms with Crippen LogP contribution in [0.15, 0.2) is 24.3 Å². The highest BCUT2D eigenvalue weighted by Crippen LogP contribution is 2.47. The summed E-state index contributed by atoms with van der Waals surface area (Å²) in [5, 5.41) is 50.2. The molecule has 0 aliphatic heterocycles. The van der Waals surface area contributed by atoms with E-state index < -0.39 is 75.7 Å². The van der Waals surface area contributed by atoms with E-state index in [1.807, 2.05) is 0 Å². The van der Waals surface area contributed by atoms with Crippen LogP contribution in [0.1, 0.15) is 219 Å². The molecule has 1 aliphatic carbocycles. The lowest BCUT2D eigenvalue weighted by molar-refractivity contribution is -0.220. The second kappa shape index (κ2) is 39.5. The second-order valence-electron chi connectivity index (χ2n) is 17.7. The lowest BCUT2D eigenvalue weighted by Crippen LogP contribution is -2.64.